The van der Waals surface area contributed by atoms with E-state index in [2.05, 4.69) is 38.5 Å². The van der Waals surface area contributed by atoms with Crippen LogP contribution in [0.1, 0.15) is 24.5 Å². The molecule has 1 heterocycles. The molecular formula is C14H15ClN4S. The number of halogens is 1. The number of rotatable bonds is 4. The fourth-order valence-corrected chi connectivity index (χ4v) is 3.35. The van der Waals surface area contributed by atoms with Gasteiger partial charge in [0.1, 0.15) is 0 Å². The summed E-state index contributed by atoms with van der Waals surface area (Å²) in [6, 6.07) is 6.57. The van der Waals surface area contributed by atoms with E-state index in [0.29, 0.717) is 11.1 Å². The third-order valence-corrected chi connectivity index (χ3v) is 4.23. The smallest absolute Gasteiger partial charge is 0.228 e. The van der Waals surface area contributed by atoms with Crippen molar-refractivity contribution in [2.45, 2.75) is 36.2 Å². The minimum atomic E-state index is 0.222. The summed E-state index contributed by atoms with van der Waals surface area (Å²) >= 11 is 7.45. The Morgan fingerprint density at radius 1 is 1.20 bits per heavy atom. The zero-order chi connectivity index (χ0) is 13.9. The maximum absolute atomic E-state index is 5.93. The van der Waals surface area contributed by atoms with Crippen LogP contribution in [-0.4, -0.2) is 21.5 Å². The molecule has 1 aromatic carbocycles. The van der Waals surface area contributed by atoms with Crippen molar-refractivity contribution in [1.82, 2.24) is 15.0 Å². The first-order valence-electron chi connectivity index (χ1n) is 6.69. The summed E-state index contributed by atoms with van der Waals surface area (Å²) in [4.78, 5) is 13.7. The molecule has 0 saturated heterocycles. The van der Waals surface area contributed by atoms with Gasteiger partial charge in [-0.25, -0.2) is 0 Å². The molecule has 0 bridgehead atoms. The van der Waals surface area contributed by atoms with E-state index in [9.17, 15) is 0 Å². The van der Waals surface area contributed by atoms with Gasteiger partial charge in [-0.05, 0) is 72.8 Å². The Hall–Kier alpha value is -1.33. The minimum absolute atomic E-state index is 0.222. The molecule has 1 N–H and O–H groups in total. The van der Waals surface area contributed by atoms with Crippen LogP contribution in [0.3, 0.4) is 0 Å². The molecule has 0 atom stereocenters. The van der Waals surface area contributed by atoms with Crippen LogP contribution >= 0.6 is 23.4 Å². The number of nitrogens with one attached hydrogen (secondary N) is 1. The average molecular weight is 307 g/mol. The van der Waals surface area contributed by atoms with Crippen LogP contribution in [0.4, 0.5) is 5.95 Å². The van der Waals surface area contributed by atoms with Gasteiger partial charge in [-0.15, -0.1) is 0 Å². The number of hydrogen-bond acceptors (Lipinski definition) is 5. The summed E-state index contributed by atoms with van der Waals surface area (Å²) in [7, 11) is 0. The Kier molecular flexibility index (Phi) is 4.08. The van der Waals surface area contributed by atoms with Gasteiger partial charge in [-0.2, -0.15) is 15.0 Å². The summed E-state index contributed by atoms with van der Waals surface area (Å²) in [5, 5.41) is 3.90. The molecule has 20 heavy (non-hydrogen) atoms. The predicted octanol–water partition coefficient (Wildman–Crippen LogP) is 3.60. The van der Waals surface area contributed by atoms with Gasteiger partial charge in [0.25, 0.3) is 0 Å². The lowest BCUT2D eigenvalue weighted by atomic mass is 10.1. The molecule has 1 aliphatic rings. The van der Waals surface area contributed by atoms with Gasteiger partial charge in [0.2, 0.25) is 11.2 Å². The molecule has 0 unspecified atom stereocenters. The Morgan fingerprint density at radius 3 is 2.90 bits per heavy atom. The number of benzene rings is 1. The first-order chi connectivity index (χ1) is 9.74. The van der Waals surface area contributed by atoms with Crippen molar-refractivity contribution in [1.29, 1.82) is 0 Å². The molecule has 1 aromatic heterocycles. The molecule has 3 rings (SSSR count). The molecule has 0 spiro atoms. The van der Waals surface area contributed by atoms with Gasteiger partial charge >= 0.3 is 0 Å². The molecule has 2 aromatic rings. The summed E-state index contributed by atoms with van der Waals surface area (Å²) in [5.41, 5.74) is 2.92. The third-order valence-electron chi connectivity index (χ3n) is 3.20. The predicted molar refractivity (Wildman–Crippen MR) is 81.6 cm³/mol. The first-order valence-corrected chi connectivity index (χ1v) is 7.89. The molecule has 104 valence electrons. The molecule has 4 nitrogen and oxygen atoms in total. The molecule has 0 fully saturated rings. The number of anilines is 1. The van der Waals surface area contributed by atoms with Gasteiger partial charge in [0.15, 0.2) is 5.16 Å². The number of aromatic nitrogens is 3. The van der Waals surface area contributed by atoms with E-state index in [-0.39, 0.29) is 5.28 Å². The summed E-state index contributed by atoms with van der Waals surface area (Å²) in [5.74, 6) is 0.524. The topological polar surface area (TPSA) is 50.7 Å². The minimum Gasteiger partial charge on any atom is -0.354 e. The van der Waals surface area contributed by atoms with Crippen LogP contribution in [0.2, 0.25) is 5.28 Å². The van der Waals surface area contributed by atoms with Crippen molar-refractivity contribution in [3.63, 3.8) is 0 Å². The SMILES string of the molecule is CCNc1nc(Cl)nc(Sc2ccc3c(c2)CCC3)n1. The van der Waals surface area contributed by atoms with E-state index in [1.165, 1.54) is 42.2 Å². The molecule has 0 radical (unpaired) electrons. The van der Waals surface area contributed by atoms with Crippen LogP contribution in [0, 0.1) is 0 Å². The van der Waals surface area contributed by atoms with Crippen molar-refractivity contribution < 1.29 is 0 Å². The largest absolute Gasteiger partial charge is 0.354 e. The second-order valence-electron chi connectivity index (χ2n) is 4.63. The van der Waals surface area contributed by atoms with Crippen LogP contribution in [0.15, 0.2) is 28.3 Å². The highest BCUT2D eigenvalue weighted by atomic mass is 35.5. The summed E-state index contributed by atoms with van der Waals surface area (Å²) in [6.45, 7) is 2.74. The van der Waals surface area contributed by atoms with Crippen LogP contribution < -0.4 is 5.32 Å². The number of hydrogen-bond donors (Lipinski definition) is 1. The fourth-order valence-electron chi connectivity index (χ4n) is 2.33. The van der Waals surface area contributed by atoms with E-state index in [1.807, 2.05) is 6.92 Å². The highest BCUT2D eigenvalue weighted by molar-refractivity contribution is 7.99. The fraction of sp³-hybridized carbons (Fsp3) is 0.357. The van der Waals surface area contributed by atoms with Gasteiger partial charge < -0.3 is 5.32 Å². The van der Waals surface area contributed by atoms with E-state index >= 15 is 0 Å². The molecular weight excluding hydrogens is 292 g/mol. The lowest BCUT2D eigenvalue weighted by Crippen LogP contribution is -2.04. The van der Waals surface area contributed by atoms with Crippen molar-refractivity contribution in [2.24, 2.45) is 0 Å². The molecule has 6 heteroatoms. The molecule has 1 aliphatic carbocycles. The Balaban J connectivity index is 1.83. The second-order valence-corrected chi connectivity index (χ2v) is 6.01. The molecule has 0 amide bonds. The van der Waals surface area contributed by atoms with Crippen LogP contribution in [0.25, 0.3) is 0 Å². The Labute approximate surface area is 127 Å². The van der Waals surface area contributed by atoms with E-state index in [1.54, 1.807) is 0 Å². The van der Waals surface area contributed by atoms with Crippen molar-refractivity contribution in [3.8, 4) is 0 Å². The van der Waals surface area contributed by atoms with Gasteiger partial charge in [0, 0.05) is 11.4 Å². The second kappa shape index (κ2) is 5.97. The zero-order valence-electron chi connectivity index (χ0n) is 11.2. The Bertz CT molecular complexity index is 633. The maximum Gasteiger partial charge on any atom is 0.228 e. The van der Waals surface area contributed by atoms with E-state index in [0.717, 1.165) is 11.4 Å². The normalized spacial score (nSPS) is 13.3. The lowest BCUT2D eigenvalue weighted by molar-refractivity contribution is 0.898. The monoisotopic (exact) mass is 306 g/mol. The highest BCUT2D eigenvalue weighted by Crippen LogP contribution is 2.31. The van der Waals surface area contributed by atoms with E-state index < -0.39 is 0 Å². The average Bonchev–Trinajstić information content (AvgIpc) is 2.85. The maximum atomic E-state index is 5.93. The lowest BCUT2D eigenvalue weighted by Gasteiger charge is -2.06. The first kappa shape index (κ1) is 13.6. The van der Waals surface area contributed by atoms with Crippen molar-refractivity contribution in [2.75, 3.05) is 11.9 Å². The van der Waals surface area contributed by atoms with E-state index in [4.69, 9.17) is 11.6 Å². The van der Waals surface area contributed by atoms with Crippen LogP contribution in [0.5, 0.6) is 0 Å². The van der Waals surface area contributed by atoms with Gasteiger partial charge in [-0.1, -0.05) is 6.07 Å². The zero-order valence-corrected chi connectivity index (χ0v) is 12.8. The summed E-state index contributed by atoms with van der Waals surface area (Å²) in [6.07, 6.45) is 3.62. The molecule has 0 aliphatic heterocycles. The molecule has 0 saturated carbocycles. The Morgan fingerprint density at radius 2 is 2.05 bits per heavy atom. The third kappa shape index (κ3) is 3.04. The number of fused-ring (bicyclic) bond motifs is 1. The highest BCUT2D eigenvalue weighted by Gasteiger charge is 2.12. The number of aryl methyl sites for hydroxylation is 2. The number of nitrogens with zero attached hydrogens (tertiary/aromatic N) is 3. The van der Waals surface area contributed by atoms with Gasteiger partial charge in [-0.3, -0.25) is 0 Å². The van der Waals surface area contributed by atoms with Crippen LogP contribution in [-0.2, 0) is 12.8 Å². The van der Waals surface area contributed by atoms with Crippen molar-refractivity contribution in [3.05, 3.63) is 34.6 Å². The standard InChI is InChI=1S/C14H15ClN4S/c1-2-16-13-17-12(15)18-14(19-13)20-11-7-6-9-4-3-5-10(9)8-11/h6-8H,2-5H2,1H3,(H,16,17,18,19). The van der Waals surface area contributed by atoms with Gasteiger partial charge in [0.05, 0.1) is 0 Å². The quantitative estimate of drug-likeness (QED) is 0.935. The van der Waals surface area contributed by atoms with Crippen molar-refractivity contribution >= 4 is 29.3 Å². The summed E-state index contributed by atoms with van der Waals surface area (Å²) < 4.78 is 0.